The normalized spacial score (nSPS) is 22.0. The first-order valence-electron chi connectivity index (χ1n) is 14.3. The van der Waals surface area contributed by atoms with E-state index in [1.807, 2.05) is 26.0 Å². The smallest absolute Gasteiger partial charge is 0.295 e. The fraction of sp³-hybridized carbons (Fsp3) is 0.438. The maximum Gasteiger partial charge on any atom is 0.295 e. The number of likely N-dealkylation sites (tertiary alicyclic amines) is 1. The molecule has 1 amide bonds. The Morgan fingerprint density at radius 2 is 1.90 bits per heavy atom. The van der Waals surface area contributed by atoms with Gasteiger partial charge in [0.2, 0.25) is 0 Å². The number of morpholine rings is 1. The second kappa shape index (κ2) is 12.8. The van der Waals surface area contributed by atoms with Crippen LogP contribution in [-0.4, -0.2) is 85.3 Å². The van der Waals surface area contributed by atoms with Crippen LogP contribution in [0, 0.1) is 0 Å². The number of ether oxygens (including phenoxy) is 4. The molecule has 9 nitrogen and oxygen atoms in total. The van der Waals surface area contributed by atoms with Gasteiger partial charge in [-0.2, -0.15) is 0 Å². The molecule has 2 fully saturated rings. The van der Waals surface area contributed by atoms with Crippen molar-refractivity contribution in [1.82, 2.24) is 9.80 Å². The van der Waals surface area contributed by atoms with E-state index in [9.17, 15) is 14.7 Å². The fourth-order valence-corrected chi connectivity index (χ4v) is 5.70. The number of carbonyl (C=O) groups excluding carboxylic acids is 2. The van der Waals surface area contributed by atoms with Gasteiger partial charge in [0.1, 0.15) is 24.2 Å². The molecule has 3 aliphatic rings. The summed E-state index contributed by atoms with van der Waals surface area (Å²) in [7, 11) is 0. The lowest BCUT2D eigenvalue weighted by atomic mass is 9.94. The molecule has 0 spiro atoms. The maximum atomic E-state index is 13.6. The Bertz CT molecular complexity index is 1330. The Hall–Kier alpha value is -3.82. The molecule has 0 unspecified atom stereocenters. The molecule has 2 saturated heterocycles. The molecule has 0 aromatic heterocycles. The zero-order chi connectivity index (χ0) is 28.9. The zero-order valence-corrected chi connectivity index (χ0v) is 23.8. The summed E-state index contributed by atoms with van der Waals surface area (Å²) in [5.41, 5.74) is 2.16. The number of Topliss-reactive ketones (excluding diaryl/α,β-unsaturated/α-hetero) is 1. The summed E-state index contributed by atoms with van der Waals surface area (Å²) in [6.45, 7) is 12.5. The summed E-state index contributed by atoms with van der Waals surface area (Å²) >= 11 is 0. The van der Waals surface area contributed by atoms with Crippen LogP contribution in [0.2, 0.25) is 0 Å². The van der Waals surface area contributed by atoms with Crippen molar-refractivity contribution >= 4 is 17.4 Å². The minimum absolute atomic E-state index is 0.0400. The number of rotatable bonds is 11. The van der Waals surface area contributed by atoms with Crippen LogP contribution in [0.4, 0.5) is 0 Å². The molecule has 2 atom stereocenters. The number of hydrogen-bond acceptors (Lipinski definition) is 8. The van der Waals surface area contributed by atoms with Gasteiger partial charge in [0, 0.05) is 38.2 Å². The minimum atomic E-state index is -0.782. The van der Waals surface area contributed by atoms with E-state index in [4.69, 9.17) is 18.9 Å². The minimum Gasteiger partial charge on any atom is -0.507 e. The van der Waals surface area contributed by atoms with Crippen molar-refractivity contribution in [2.24, 2.45) is 0 Å². The summed E-state index contributed by atoms with van der Waals surface area (Å²) in [5.74, 6) is 0.277. The Morgan fingerprint density at radius 3 is 2.66 bits per heavy atom. The highest BCUT2D eigenvalue weighted by molar-refractivity contribution is 6.46. The number of carbonyl (C=O) groups is 2. The van der Waals surface area contributed by atoms with E-state index in [0.29, 0.717) is 68.4 Å². The largest absolute Gasteiger partial charge is 0.507 e. The first-order chi connectivity index (χ1) is 19.9. The predicted octanol–water partition coefficient (Wildman–Crippen LogP) is 4.12. The van der Waals surface area contributed by atoms with E-state index >= 15 is 0 Å². The third kappa shape index (κ3) is 6.11. The van der Waals surface area contributed by atoms with Gasteiger partial charge in [0.25, 0.3) is 11.7 Å². The topological polar surface area (TPSA) is 97.8 Å². The highest BCUT2D eigenvalue weighted by atomic mass is 16.5. The summed E-state index contributed by atoms with van der Waals surface area (Å²) in [5, 5.41) is 11.6. The van der Waals surface area contributed by atoms with Gasteiger partial charge >= 0.3 is 0 Å². The Morgan fingerprint density at radius 1 is 1.10 bits per heavy atom. The van der Waals surface area contributed by atoms with Gasteiger partial charge in [-0.25, -0.2) is 0 Å². The lowest BCUT2D eigenvalue weighted by Gasteiger charge is -2.29. The predicted molar refractivity (Wildman–Crippen MR) is 154 cm³/mol. The Balaban J connectivity index is 1.53. The number of aliphatic hydroxyl groups excluding tert-OH is 1. The van der Waals surface area contributed by atoms with Crippen LogP contribution in [-0.2, 0) is 20.7 Å². The van der Waals surface area contributed by atoms with Crippen molar-refractivity contribution in [1.29, 1.82) is 0 Å². The van der Waals surface area contributed by atoms with Crippen molar-refractivity contribution in [2.75, 3.05) is 52.6 Å². The van der Waals surface area contributed by atoms with Crippen LogP contribution in [0.15, 0.2) is 54.6 Å². The first kappa shape index (κ1) is 28.7. The third-order valence-electron chi connectivity index (χ3n) is 7.63. The highest BCUT2D eigenvalue weighted by Crippen LogP contribution is 2.43. The molecule has 9 heteroatoms. The Kier molecular flexibility index (Phi) is 8.95. The van der Waals surface area contributed by atoms with E-state index in [0.717, 1.165) is 30.9 Å². The van der Waals surface area contributed by atoms with Crippen molar-refractivity contribution < 1.29 is 33.6 Å². The van der Waals surface area contributed by atoms with Crippen LogP contribution in [0.25, 0.3) is 5.76 Å². The molecular weight excluding hydrogens is 524 g/mol. The molecule has 3 heterocycles. The second-order valence-corrected chi connectivity index (χ2v) is 10.5. The van der Waals surface area contributed by atoms with E-state index in [2.05, 4.69) is 11.5 Å². The number of ketones is 1. The van der Waals surface area contributed by atoms with Gasteiger partial charge in [-0.1, -0.05) is 18.7 Å². The number of benzene rings is 2. The van der Waals surface area contributed by atoms with Crippen LogP contribution < -0.4 is 14.2 Å². The molecule has 41 heavy (non-hydrogen) atoms. The SMILES string of the molecule is C=CCOc1ccc([C@H]2C(=C(O)c3ccc4c(c3)C[C@H](C)O4)C(=O)C(=O)N2CCCN2CCOCC2)cc1OCC. The summed E-state index contributed by atoms with van der Waals surface area (Å²) in [6.07, 6.45) is 3.07. The van der Waals surface area contributed by atoms with Gasteiger partial charge in [-0.05, 0) is 61.7 Å². The zero-order valence-electron chi connectivity index (χ0n) is 23.8. The quantitative estimate of drug-likeness (QED) is 0.189. The van der Waals surface area contributed by atoms with Gasteiger partial charge in [-0.3, -0.25) is 14.5 Å². The number of hydrogen-bond donors (Lipinski definition) is 1. The summed E-state index contributed by atoms with van der Waals surface area (Å²) < 4.78 is 22.9. The molecule has 3 aliphatic heterocycles. The number of fused-ring (bicyclic) bond motifs is 1. The first-order valence-corrected chi connectivity index (χ1v) is 14.3. The monoisotopic (exact) mass is 562 g/mol. The van der Waals surface area contributed by atoms with Gasteiger partial charge in [-0.15, -0.1) is 0 Å². The van der Waals surface area contributed by atoms with Crippen LogP contribution in [0.3, 0.4) is 0 Å². The summed E-state index contributed by atoms with van der Waals surface area (Å²) in [6, 6.07) is 9.97. The van der Waals surface area contributed by atoms with Crippen molar-refractivity contribution in [2.45, 2.75) is 38.8 Å². The fourth-order valence-electron chi connectivity index (χ4n) is 5.70. The molecule has 0 radical (unpaired) electrons. The van der Waals surface area contributed by atoms with Crippen molar-refractivity contribution in [3.05, 3.63) is 71.3 Å². The molecule has 0 bridgehead atoms. The van der Waals surface area contributed by atoms with Gasteiger partial charge < -0.3 is 29.0 Å². The molecule has 2 aromatic carbocycles. The van der Waals surface area contributed by atoms with E-state index in [1.165, 1.54) is 0 Å². The summed E-state index contributed by atoms with van der Waals surface area (Å²) in [4.78, 5) is 30.9. The third-order valence-corrected chi connectivity index (χ3v) is 7.63. The molecular formula is C32H38N2O7. The number of amides is 1. The number of aliphatic hydroxyl groups is 1. The molecule has 0 aliphatic carbocycles. The second-order valence-electron chi connectivity index (χ2n) is 10.5. The van der Waals surface area contributed by atoms with E-state index in [1.54, 1.807) is 35.2 Å². The standard InChI is InChI=1S/C32H38N2O7/c1-4-15-40-26-10-7-22(20-27(26)39-5-2)29-28(30(35)23-8-9-25-24(19-23)18-21(3)41-25)31(36)32(37)34(29)12-6-11-33-13-16-38-17-14-33/h4,7-10,19-21,29,35H,1,5-6,11-18H2,2-3H3/t21-,29-/m0/s1. The van der Waals surface area contributed by atoms with Gasteiger partial charge in [0.15, 0.2) is 11.5 Å². The molecule has 218 valence electrons. The van der Waals surface area contributed by atoms with Crippen molar-refractivity contribution in [3.63, 3.8) is 0 Å². The molecule has 0 saturated carbocycles. The molecule has 5 rings (SSSR count). The van der Waals surface area contributed by atoms with E-state index in [-0.39, 0.29) is 17.4 Å². The van der Waals surface area contributed by atoms with Gasteiger partial charge in [0.05, 0.1) is 31.4 Å². The average Bonchev–Trinajstić information content (AvgIpc) is 3.48. The highest BCUT2D eigenvalue weighted by Gasteiger charge is 2.46. The van der Waals surface area contributed by atoms with Crippen LogP contribution in [0.5, 0.6) is 17.2 Å². The lowest BCUT2D eigenvalue weighted by molar-refractivity contribution is -0.140. The molecule has 2 aromatic rings. The van der Waals surface area contributed by atoms with Crippen molar-refractivity contribution in [3.8, 4) is 17.2 Å². The average molecular weight is 563 g/mol. The lowest BCUT2D eigenvalue weighted by Crippen LogP contribution is -2.39. The maximum absolute atomic E-state index is 13.6. The molecule has 1 N–H and O–H groups in total. The van der Waals surface area contributed by atoms with E-state index < -0.39 is 17.7 Å². The van der Waals surface area contributed by atoms with Crippen LogP contribution in [0.1, 0.15) is 43.0 Å². The Labute approximate surface area is 240 Å². The number of nitrogens with zero attached hydrogens (tertiary/aromatic N) is 2. The van der Waals surface area contributed by atoms with Crippen LogP contribution >= 0.6 is 0 Å².